The molecule has 1 aromatic heterocycles. The summed E-state index contributed by atoms with van der Waals surface area (Å²) in [6, 6.07) is 5.63. The predicted molar refractivity (Wildman–Crippen MR) is 83.8 cm³/mol. The number of carbonyl (C=O) groups excluding carboxylic acids is 1. The van der Waals surface area contributed by atoms with Gasteiger partial charge in [0.05, 0.1) is 5.69 Å². The normalized spacial score (nSPS) is 10.6. The highest BCUT2D eigenvalue weighted by Gasteiger charge is 2.19. The molecule has 0 spiro atoms. The van der Waals surface area contributed by atoms with Crippen molar-refractivity contribution in [3.63, 3.8) is 0 Å². The van der Waals surface area contributed by atoms with Gasteiger partial charge in [-0.15, -0.1) is 0 Å². The van der Waals surface area contributed by atoms with E-state index >= 15 is 0 Å². The Hall–Kier alpha value is -2.70. The van der Waals surface area contributed by atoms with Gasteiger partial charge in [-0.3, -0.25) is 9.59 Å². The molecule has 1 aromatic carbocycles. The van der Waals surface area contributed by atoms with Crippen LogP contribution >= 0.6 is 0 Å². The van der Waals surface area contributed by atoms with Gasteiger partial charge in [0.1, 0.15) is 18.1 Å². The summed E-state index contributed by atoms with van der Waals surface area (Å²) in [5, 5.41) is 12.9. The zero-order valence-electron chi connectivity index (χ0n) is 13.6. The first kappa shape index (κ1) is 17.7. The number of aromatic nitrogens is 1. The standard InChI is InChI=1S/C17H19FN2O4/c1-11-15(12(2)24-19-11)7-8-16(21)20(10-17(22)23)9-13-3-5-14(18)6-4-13/h3-6H,7-10H2,1-2H3,(H,22,23). The van der Waals surface area contributed by atoms with E-state index in [1.807, 2.05) is 0 Å². The van der Waals surface area contributed by atoms with E-state index in [9.17, 15) is 14.0 Å². The molecule has 0 saturated heterocycles. The molecule has 0 radical (unpaired) electrons. The lowest BCUT2D eigenvalue weighted by Gasteiger charge is -2.21. The highest BCUT2D eigenvalue weighted by molar-refractivity contribution is 5.81. The molecule has 1 amide bonds. The molecule has 1 N–H and O–H groups in total. The minimum absolute atomic E-state index is 0.118. The highest BCUT2D eigenvalue weighted by atomic mass is 19.1. The lowest BCUT2D eigenvalue weighted by Crippen LogP contribution is -2.35. The van der Waals surface area contributed by atoms with E-state index in [2.05, 4.69) is 5.16 Å². The number of benzene rings is 1. The largest absolute Gasteiger partial charge is 0.480 e. The monoisotopic (exact) mass is 334 g/mol. The average molecular weight is 334 g/mol. The van der Waals surface area contributed by atoms with Crippen molar-refractivity contribution >= 4 is 11.9 Å². The number of aryl methyl sites for hydroxylation is 2. The Morgan fingerprint density at radius 3 is 2.46 bits per heavy atom. The second kappa shape index (κ2) is 7.72. The minimum Gasteiger partial charge on any atom is -0.480 e. The fraction of sp³-hybridized carbons (Fsp3) is 0.353. The molecule has 7 heteroatoms. The van der Waals surface area contributed by atoms with Crippen molar-refractivity contribution < 1.29 is 23.6 Å². The number of halogens is 1. The molecule has 0 unspecified atom stereocenters. The maximum atomic E-state index is 13.0. The Balaban J connectivity index is 2.04. The smallest absolute Gasteiger partial charge is 0.323 e. The number of carboxylic acid groups (broad SMARTS) is 1. The summed E-state index contributed by atoms with van der Waals surface area (Å²) in [5.74, 6) is -1.11. The van der Waals surface area contributed by atoms with Crippen LogP contribution in [-0.2, 0) is 22.6 Å². The quantitative estimate of drug-likeness (QED) is 0.841. The van der Waals surface area contributed by atoms with Crippen molar-refractivity contribution in [1.82, 2.24) is 10.1 Å². The highest BCUT2D eigenvalue weighted by Crippen LogP contribution is 2.16. The van der Waals surface area contributed by atoms with E-state index in [-0.39, 0.29) is 24.7 Å². The molecule has 24 heavy (non-hydrogen) atoms. The lowest BCUT2D eigenvalue weighted by molar-refractivity contribution is -0.144. The minimum atomic E-state index is -1.09. The van der Waals surface area contributed by atoms with Crippen molar-refractivity contribution in [2.24, 2.45) is 0 Å². The second-order valence-corrected chi connectivity index (χ2v) is 5.57. The number of nitrogens with zero attached hydrogens (tertiary/aromatic N) is 2. The van der Waals surface area contributed by atoms with Gasteiger partial charge in [0, 0.05) is 18.5 Å². The zero-order chi connectivity index (χ0) is 17.7. The lowest BCUT2D eigenvalue weighted by atomic mass is 10.1. The van der Waals surface area contributed by atoms with E-state index < -0.39 is 12.5 Å². The molecule has 0 atom stereocenters. The van der Waals surface area contributed by atoms with E-state index in [0.717, 1.165) is 11.3 Å². The van der Waals surface area contributed by atoms with E-state index in [4.69, 9.17) is 9.63 Å². The van der Waals surface area contributed by atoms with Gasteiger partial charge < -0.3 is 14.5 Å². The van der Waals surface area contributed by atoms with Gasteiger partial charge in [0.2, 0.25) is 5.91 Å². The Kier molecular flexibility index (Phi) is 5.68. The van der Waals surface area contributed by atoms with Crippen LogP contribution in [-0.4, -0.2) is 33.6 Å². The molecule has 0 saturated carbocycles. The molecular weight excluding hydrogens is 315 g/mol. The van der Waals surface area contributed by atoms with Crippen molar-refractivity contribution in [3.05, 3.63) is 52.7 Å². The molecule has 2 rings (SSSR count). The number of amides is 1. The Labute approximate surface area is 138 Å². The predicted octanol–water partition coefficient (Wildman–Crippen LogP) is 2.48. The summed E-state index contributed by atoms with van der Waals surface area (Å²) in [7, 11) is 0. The van der Waals surface area contributed by atoms with Crippen LogP contribution in [0.4, 0.5) is 4.39 Å². The first-order valence-electron chi connectivity index (χ1n) is 7.52. The molecule has 128 valence electrons. The van der Waals surface area contributed by atoms with Crippen LogP contribution in [0.15, 0.2) is 28.8 Å². The summed E-state index contributed by atoms with van der Waals surface area (Å²) < 4.78 is 18.0. The number of aliphatic carboxylic acids is 1. The van der Waals surface area contributed by atoms with Gasteiger partial charge >= 0.3 is 5.97 Å². The van der Waals surface area contributed by atoms with E-state index in [0.29, 0.717) is 17.7 Å². The molecule has 0 bridgehead atoms. The SMILES string of the molecule is Cc1noc(C)c1CCC(=O)N(CC(=O)O)Cc1ccc(F)cc1. The second-order valence-electron chi connectivity index (χ2n) is 5.57. The molecule has 0 aliphatic heterocycles. The number of carboxylic acids is 1. The maximum Gasteiger partial charge on any atom is 0.323 e. The molecule has 2 aromatic rings. The summed E-state index contributed by atoms with van der Waals surface area (Å²) in [6.45, 7) is 3.28. The van der Waals surface area contributed by atoms with Crippen LogP contribution in [0.5, 0.6) is 0 Å². The van der Waals surface area contributed by atoms with Crippen LogP contribution < -0.4 is 0 Å². The maximum absolute atomic E-state index is 13.0. The summed E-state index contributed by atoms with van der Waals surface area (Å²) in [4.78, 5) is 24.7. The number of hydrogen-bond donors (Lipinski definition) is 1. The average Bonchev–Trinajstić information content (AvgIpc) is 2.84. The van der Waals surface area contributed by atoms with Gasteiger partial charge in [-0.25, -0.2) is 4.39 Å². The van der Waals surface area contributed by atoms with Crippen LogP contribution in [0.2, 0.25) is 0 Å². The molecule has 0 aliphatic rings. The third kappa shape index (κ3) is 4.65. The van der Waals surface area contributed by atoms with E-state index in [1.165, 1.54) is 29.2 Å². The summed E-state index contributed by atoms with van der Waals surface area (Å²) >= 11 is 0. The molecule has 1 heterocycles. The molecular formula is C17H19FN2O4. The van der Waals surface area contributed by atoms with Gasteiger partial charge in [0.15, 0.2) is 0 Å². The van der Waals surface area contributed by atoms with Crippen LogP contribution in [0.25, 0.3) is 0 Å². The van der Waals surface area contributed by atoms with Crippen molar-refractivity contribution in [2.45, 2.75) is 33.2 Å². The fourth-order valence-electron chi connectivity index (χ4n) is 2.45. The number of carbonyl (C=O) groups is 2. The topological polar surface area (TPSA) is 83.6 Å². The molecule has 0 aliphatic carbocycles. The third-order valence-electron chi connectivity index (χ3n) is 3.74. The zero-order valence-corrected chi connectivity index (χ0v) is 13.6. The Morgan fingerprint density at radius 1 is 1.25 bits per heavy atom. The van der Waals surface area contributed by atoms with Crippen LogP contribution in [0.3, 0.4) is 0 Å². The van der Waals surface area contributed by atoms with Crippen molar-refractivity contribution in [3.8, 4) is 0 Å². The summed E-state index contributed by atoms with van der Waals surface area (Å²) in [5.41, 5.74) is 2.26. The Morgan fingerprint density at radius 2 is 1.92 bits per heavy atom. The first-order chi connectivity index (χ1) is 11.4. The molecule has 6 nitrogen and oxygen atoms in total. The first-order valence-corrected chi connectivity index (χ1v) is 7.52. The van der Waals surface area contributed by atoms with E-state index in [1.54, 1.807) is 13.8 Å². The third-order valence-corrected chi connectivity index (χ3v) is 3.74. The fourth-order valence-corrected chi connectivity index (χ4v) is 2.45. The van der Waals surface area contributed by atoms with Crippen LogP contribution in [0, 0.1) is 19.7 Å². The van der Waals surface area contributed by atoms with Gasteiger partial charge in [-0.05, 0) is 38.0 Å². The number of hydrogen-bond acceptors (Lipinski definition) is 4. The Bertz CT molecular complexity index is 705. The van der Waals surface area contributed by atoms with Crippen LogP contribution in [0.1, 0.15) is 29.0 Å². The van der Waals surface area contributed by atoms with Crippen molar-refractivity contribution in [2.75, 3.05) is 6.54 Å². The number of rotatable bonds is 7. The molecule has 0 fully saturated rings. The summed E-state index contributed by atoms with van der Waals surface area (Å²) in [6.07, 6.45) is 0.580. The van der Waals surface area contributed by atoms with Gasteiger partial charge in [0.25, 0.3) is 0 Å². The van der Waals surface area contributed by atoms with Crippen molar-refractivity contribution in [1.29, 1.82) is 0 Å². The van der Waals surface area contributed by atoms with Gasteiger partial charge in [-0.1, -0.05) is 17.3 Å². The van der Waals surface area contributed by atoms with Gasteiger partial charge in [-0.2, -0.15) is 0 Å².